The third-order valence-corrected chi connectivity index (χ3v) is 6.31. The highest BCUT2D eigenvalue weighted by Gasteiger charge is 2.22. The monoisotopic (exact) mass is 453 g/mol. The molecular formula is C19H30Cl3N3OS. The molecule has 0 spiro atoms. The van der Waals surface area contributed by atoms with Crippen molar-refractivity contribution in [3.63, 3.8) is 0 Å². The van der Waals surface area contributed by atoms with Gasteiger partial charge in [0.2, 0.25) is 0 Å². The summed E-state index contributed by atoms with van der Waals surface area (Å²) in [4.78, 5) is 8.20. The van der Waals surface area contributed by atoms with Crippen molar-refractivity contribution >= 4 is 59.2 Å². The first-order valence-corrected chi connectivity index (χ1v) is 10.3. The Bertz CT molecular complexity index is 732. The van der Waals surface area contributed by atoms with Crippen LogP contribution in [-0.4, -0.2) is 41.0 Å². The van der Waals surface area contributed by atoms with Crippen LogP contribution >= 0.6 is 48.2 Å². The Hall–Kier alpha value is -0.170. The summed E-state index contributed by atoms with van der Waals surface area (Å²) in [5.41, 5.74) is 3.16. The average Bonchev–Trinajstić information content (AvgIpc) is 2.95. The Balaban J connectivity index is 0.00000182. The molecule has 1 aromatic heterocycles. The van der Waals surface area contributed by atoms with E-state index >= 15 is 0 Å². The first-order valence-electron chi connectivity index (χ1n) is 8.99. The number of imidazole rings is 1. The van der Waals surface area contributed by atoms with Crippen molar-refractivity contribution in [3.8, 4) is 0 Å². The zero-order chi connectivity index (χ0) is 18.0. The number of rotatable bonds is 6. The van der Waals surface area contributed by atoms with Crippen LogP contribution in [0.1, 0.15) is 51.5 Å². The number of hydrogen-bond donors (Lipinski definition) is 2. The van der Waals surface area contributed by atoms with Gasteiger partial charge in [0.05, 0.1) is 16.6 Å². The molecule has 1 aliphatic rings. The summed E-state index contributed by atoms with van der Waals surface area (Å²) >= 11 is 8.32. The van der Waals surface area contributed by atoms with Gasteiger partial charge >= 0.3 is 0 Å². The van der Waals surface area contributed by atoms with Gasteiger partial charge in [0.25, 0.3) is 0 Å². The van der Waals surface area contributed by atoms with Gasteiger partial charge in [-0.2, -0.15) is 0 Å². The number of H-pyrrole nitrogens is 1. The molecular weight excluding hydrogens is 425 g/mol. The predicted octanol–water partition coefficient (Wildman–Crippen LogP) is 5.82. The van der Waals surface area contributed by atoms with E-state index in [-0.39, 0.29) is 30.4 Å². The first kappa shape index (κ1) is 24.9. The number of thioether (sulfide) groups is 1. The maximum Gasteiger partial charge on any atom is 0.166 e. The smallest absolute Gasteiger partial charge is 0.166 e. The molecule has 2 heterocycles. The third kappa shape index (κ3) is 6.41. The predicted molar refractivity (Wildman–Crippen MR) is 121 cm³/mol. The fourth-order valence-corrected chi connectivity index (χ4v) is 5.03. The molecule has 1 saturated heterocycles. The number of aromatic amines is 1. The minimum atomic E-state index is -0.121. The SMILES string of the molecule is COC(C)(C)CC(C)Sc1nc2cc(Cl)c(C3CCNCC3)cc2[nH]1.Cl.Cl. The molecule has 0 saturated carbocycles. The minimum Gasteiger partial charge on any atom is -0.379 e. The number of nitrogens with zero attached hydrogens (tertiary/aromatic N) is 1. The lowest BCUT2D eigenvalue weighted by Crippen LogP contribution is -2.26. The van der Waals surface area contributed by atoms with Gasteiger partial charge in [0, 0.05) is 17.4 Å². The van der Waals surface area contributed by atoms with Crippen LogP contribution < -0.4 is 5.32 Å². The van der Waals surface area contributed by atoms with E-state index in [2.05, 4.69) is 37.1 Å². The standard InChI is InChI=1S/C19H28ClN3OS.2ClH/c1-12(11-19(2,3)24-4)25-18-22-16-9-14(13-5-7-21-8-6-13)15(20)10-17(16)23-18;;/h9-10,12-13,21H,5-8,11H2,1-4H3,(H,22,23);2*1H. The van der Waals surface area contributed by atoms with E-state index < -0.39 is 0 Å². The lowest BCUT2D eigenvalue weighted by Gasteiger charge is -2.25. The van der Waals surface area contributed by atoms with E-state index in [4.69, 9.17) is 21.3 Å². The van der Waals surface area contributed by atoms with Crippen LogP contribution in [0.2, 0.25) is 5.02 Å². The normalized spacial score (nSPS) is 16.6. The van der Waals surface area contributed by atoms with Crippen LogP contribution in [0.5, 0.6) is 0 Å². The summed E-state index contributed by atoms with van der Waals surface area (Å²) in [6.07, 6.45) is 3.25. The Labute approximate surface area is 183 Å². The molecule has 0 radical (unpaired) electrons. The fraction of sp³-hybridized carbons (Fsp3) is 0.632. The maximum atomic E-state index is 6.56. The number of piperidine rings is 1. The number of ether oxygens (including phenoxy) is 1. The van der Waals surface area contributed by atoms with Crippen LogP contribution in [0, 0.1) is 0 Å². The topological polar surface area (TPSA) is 49.9 Å². The van der Waals surface area contributed by atoms with Crippen LogP contribution in [0.15, 0.2) is 17.3 Å². The molecule has 154 valence electrons. The number of methoxy groups -OCH3 is 1. The molecule has 1 atom stereocenters. The Morgan fingerprint density at radius 2 is 1.96 bits per heavy atom. The third-order valence-electron chi connectivity index (χ3n) is 5.00. The second kappa shape index (κ2) is 10.6. The molecule has 1 unspecified atom stereocenters. The van der Waals surface area contributed by atoms with Gasteiger partial charge in [-0.15, -0.1) is 24.8 Å². The molecule has 0 bridgehead atoms. The molecule has 1 aliphatic heterocycles. The summed E-state index contributed by atoms with van der Waals surface area (Å²) in [6, 6.07) is 4.22. The zero-order valence-corrected chi connectivity index (χ0v) is 19.5. The van der Waals surface area contributed by atoms with Crippen molar-refractivity contribution in [3.05, 3.63) is 22.7 Å². The molecule has 2 aromatic rings. The van der Waals surface area contributed by atoms with Crippen LogP contribution in [0.3, 0.4) is 0 Å². The summed E-state index contributed by atoms with van der Waals surface area (Å²) in [7, 11) is 1.77. The average molecular weight is 455 g/mol. The molecule has 1 fully saturated rings. The molecule has 4 nitrogen and oxygen atoms in total. The van der Waals surface area contributed by atoms with Gasteiger partial charge in [-0.3, -0.25) is 0 Å². The van der Waals surface area contributed by atoms with Crippen LogP contribution in [0.4, 0.5) is 0 Å². The molecule has 0 aliphatic carbocycles. The van der Waals surface area contributed by atoms with Gasteiger partial charge in [-0.05, 0) is 69.8 Å². The van der Waals surface area contributed by atoms with Gasteiger partial charge in [-0.25, -0.2) is 4.98 Å². The Kier molecular flexibility index (Phi) is 9.73. The molecule has 1 aromatic carbocycles. The van der Waals surface area contributed by atoms with E-state index in [9.17, 15) is 0 Å². The van der Waals surface area contributed by atoms with E-state index in [1.54, 1.807) is 18.9 Å². The second-order valence-corrected chi connectivity index (χ2v) is 9.39. The van der Waals surface area contributed by atoms with Gasteiger partial charge < -0.3 is 15.0 Å². The number of benzene rings is 1. The number of nitrogens with one attached hydrogen (secondary N) is 2. The highest BCUT2D eigenvalue weighted by atomic mass is 35.5. The van der Waals surface area contributed by atoms with Gasteiger partial charge in [0.15, 0.2) is 5.16 Å². The van der Waals surface area contributed by atoms with E-state index in [1.165, 1.54) is 5.56 Å². The Morgan fingerprint density at radius 3 is 2.59 bits per heavy atom. The highest BCUT2D eigenvalue weighted by Crippen LogP contribution is 2.35. The highest BCUT2D eigenvalue weighted by molar-refractivity contribution is 7.99. The van der Waals surface area contributed by atoms with Crippen molar-refractivity contribution in [2.75, 3.05) is 20.2 Å². The van der Waals surface area contributed by atoms with Gasteiger partial charge in [-0.1, -0.05) is 30.3 Å². The van der Waals surface area contributed by atoms with E-state index in [1.807, 2.05) is 6.07 Å². The lowest BCUT2D eigenvalue weighted by atomic mass is 9.90. The van der Waals surface area contributed by atoms with E-state index in [0.29, 0.717) is 11.2 Å². The molecule has 3 rings (SSSR count). The van der Waals surface area contributed by atoms with Crippen molar-refractivity contribution < 1.29 is 4.74 Å². The Morgan fingerprint density at radius 1 is 1.30 bits per heavy atom. The van der Waals surface area contributed by atoms with Crippen molar-refractivity contribution in [1.82, 2.24) is 15.3 Å². The maximum absolute atomic E-state index is 6.56. The van der Waals surface area contributed by atoms with Crippen LogP contribution in [0.25, 0.3) is 11.0 Å². The molecule has 8 heteroatoms. The fourth-order valence-electron chi connectivity index (χ4n) is 3.53. The van der Waals surface area contributed by atoms with E-state index in [0.717, 1.165) is 53.6 Å². The first-order chi connectivity index (χ1) is 11.9. The van der Waals surface area contributed by atoms with Gasteiger partial charge in [0.1, 0.15) is 0 Å². The van der Waals surface area contributed by atoms with Crippen molar-refractivity contribution in [2.45, 2.75) is 62.0 Å². The minimum absolute atomic E-state index is 0. The quantitative estimate of drug-likeness (QED) is 0.540. The second-order valence-electron chi connectivity index (χ2n) is 7.55. The largest absolute Gasteiger partial charge is 0.379 e. The number of fused-ring (bicyclic) bond motifs is 1. The summed E-state index contributed by atoms with van der Waals surface area (Å²) < 4.78 is 5.54. The lowest BCUT2D eigenvalue weighted by molar-refractivity contribution is 0.0162. The molecule has 0 amide bonds. The van der Waals surface area contributed by atoms with Crippen molar-refractivity contribution in [1.29, 1.82) is 0 Å². The van der Waals surface area contributed by atoms with Crippen molar-refractivity contribution in [2.24, 2.45) is 0 Å². The molecule has 2 N–H and O–H groups in total. The summed E-state index contributed by atoms with van der Waals surface area (Å²) in [5, 5.41) is 5.62. The summed E-state index contributed by atoms with van der Waals surface area (Å²) in [5.74, 6) is 0.541. The number of hydrogen-bond acceptors (Lipinski definition) is 4. The molecule has 27 heavy (non-hydrogen) atoms. The number of aromatic nitrogens is 2. The van der Waals surface area contributed by atoms with Crippen LogP contribution in [-0.2, 0) is 4.74 Å². The zero-order valence-electron chi connectivity index (χ0n) is 16.3. The number of halogens is 3. The summed E-state index contributed by atoms with van der Waals surface area (Å²) in [6.45, 7) is 8.58.